The van der Waals surface area contributed by atoms with E-state index < -0.39 is 29.5 Å². The van der Waals surface area contributed by atoms with E-state index in [1.165, 1.54) is 36.4 Å². The molecule has 1 saturated carbocycles. The third kappa shape index (κ3) is 4.43. The quantitative estimate of drug-likeness (QED) is 0.612. The SMILES string of the molecule is O=C(NC(c1cccc(F)c1Cl)[C@]1(O)CC[C@@H](F)CC1)c1ccc(Cl)cc1Cl. The van der Waals surface area contributed by atoms with Gasteiger partial charge in [-0.15, -0.1) is 0 Å². The molecule has 0 bridgehead atoms. The molecule has 2 aromatic rings. The van der Waals surface area contributed by atoms with Crippen LogP contribution in [0, 0.1) is 5.82 Å². The molecule has 3 rings (SSSR count). The van der Waals surface area contributed by atoms with Crippen molar-refractivity contribution in [1.29, 1.82) is 0 Å². The summed E-state index contributed by atoms with van der Waals surface area (Å²) in [6, 6.07) is 7.49. The number of halogens is 5. The maximum absolute atomic E-state index is 14.0. The summed E-state index contributed by atoms with van der Waals surface area (Å²) >= 11 is 18.1. The summed E-state index contributed by atoms with van der Waals surface area (Å²) in [5.74, 6) is -1.26. The molecule has 1 aliphatic carbocycles. The number of nitrogens with one attached hydrogen (secondary N) is 1. The van der Waals surface area contributed by atoms with Crippen molar-refractivity contribution in [2.24, 2.45) is 0 Å². The van der Waals surface area contributed by atoms with Gasteiger partial charge in [-0.05, 0) is 55.5 Å². The molecule has 2 aromatic carbocycles. The van der Waals surface area contributed by atoms with E-state index in [-0.39, 0.29) is 46.9 Å². The molecule has 8 heteroatoms. The van der Waals surface area contributed by atoms with Crippen molar-refractivity contribution in [3.05, 3.63) is 68.4 Å². The number of hydrogen-bond donors (Lipinski definition) is 2. The van der Waals surface area contributed by atoms with Gasteiger partial charge in [0.05, 0.1) is 27.3 Å². The minimum atomic E-state index is -1.48. The van der Waals surface area contributed by atoms with E-state index in [2.05, 4.69) is 5.32 Å². The summed E-state index contributed by atoms with van der Waals surface area (Å²) in [7, 11) is 0. The number of benzene rings is 2. The minimum Gasteiger partial charge on any atom is -0.387 e. The molecule has 0 aliphatic heterocycles. The lowest BCUT2D eigenvalue weighted by Crippen LogP contribution is -2.48. The Morgan fingerprint density at radius 1 is 1.18 bits per heavy atom. The first kappa shape index (κ1) is 21.3. The van der Waals surface area contributed by atoms with Crippen LogP contribution in [0.5, 0.6) is 0 Å². The molecule has 3 nitrogen and oxygen atoms in total. The molecule has 0 saturated heterocycles. The van der Waals surface area contributed by atoms with Crippen molar-refractivity contribution in [2.45, 2.75) is 43.5 Å². The van der Waals surface area contributed by atoms with E-state index in [9.17, 15) is 18.7 Å². The molecule has 1 amide bonds. The maximum Gasteiger partial charge on any atom is 0.253 e. The van der Waals surface area contributed by atoms with Gasteiger partial charge in [-0.2, -0.15) is 0 Å². The number of rotatable bonds is 4. The Morgan fingerprint density at radius 3 is 2.50 bits per heavy atom. The fraction of sp³-hybridized carbons (Fsp3) is 0.350. The Balaban J connectivity index is 1.99. The van der Waals surface area contributed by atoms with Crippen LogP contribution in [0.15, 0.2) is 36.4 Å². The van der Waals surface area contributed by atoms with Crippen LogP contribution in [0.2, 0.25) is 15.1 Å². The Morgan fingerprint density at radius 2 is 1.86 bits per heavy atom. The molecule has 0 radical (unpaired) electrons. The zero-order valence-electron chi connectivity index (χ0n) is 14.7. The van der Waals surface area contributed by atoms with E-state index in [1.807, 2.05) is 0 Å². The minimum absolute atomic E-state index is 0.0975. The van der Waals surface area contributed by atoms with Crippen LogP contribution in [0.1, 0.15) is 47.6 Å². The average Bonchev–Trinajstić information content (AvgIpc) is 2.65. The summed E-state index contributed by atoms with van der Waals surface area (Å²) in [6.07, 6.45) is -0.555. The van der Waals surface area contributed by atoms with Gasteiger partial charge in [-0.3, -0.25) is 4.79 Å². The molecule has 1 aliphatic rings. The fourth-order valence-electron chi connectivity index (χ4n) is 3.50. The summed E-state index contributed by atoms with van der Waals surface area (Å²) in [6.45, 7) is 0. The van der Waals surface area contributed by atoms with E-state index >= 15 is 0 Å². The third-order valence-corrected chi connectivity index (χ3v) is 6.01. The first-order valence-corrected chi connectivity index (χ1v) is 9.91. The van der Waals surface area contributed by atoms with E-state index in [0.29, 0.717) is 5.02 Å². The molecular weight excluding hydrogens is 431 g/mol. The number of hydrogen-bond acceptors (Lipinski definition) is 2. The van der Waals surface area contributed by atoms with Gasteiger partial charge in [0, 0.05) is 5.02 Å². The van der Waals surface area contributed by atoms with Crippen molar-refractivity contribution >= 4 is 40.7 Å². The highest BCUT2D eigenvalue weighted by Crippen LogP contribution is 2.42. The lowest BCUT2D eigenvalue weighted by atomic mass is 9.76. The van der Waals surface area contributed by atoms with Crippen molar-refractivity contribution in [3.63, 3.8) is 0 Å². The molecule has 2 N–H and O–H groups in total. The Kier molecular flexibility index (Phi) is 6.50. The van der Waals surface area contributed by atoms with Gasteiger partial charge in [0.15, 0.2) is 0 Å². The van der Waals surface area contributed by atoms with E-state index in [0.717, 1.165) is 0 Å². The molecule has 0 heterocycles. The lowest BCUT2D eigenvalue weighted by molar-refractivity contribution is -0.0445. The third-order valence-electron chi connectivity index (χ3n) is 5.06. The predicted octanol–water partition coefficient (Wildman–Crippen LogP) is 5.90. The largest absolute Gasteiger partial charge is 0.387 e. The van der Waals surface area contributed by atoms with Gasteiger partial charge in [-0.1, -0.05) is 46.9 Å². The topological polar surface area (TPSA) is 49.3 Å². The molecule has 1 atom stereocenters. The number of alkyl halides is 1. The van der Waals surface area contributed by atoms with Crippen LogP contribution in [0.25, 0.3) is 0 Å². The van der Waals surface area contributed by atoms with Gasteiger partial charge < -0.3 is 10.4 Å². The van der Waals surface area contributed by atoms with Gasteiger partial charge >= 0.3 is 0 Å². The highest BCUT2D eigenvalue weighted by Gasteiger charge is 2.43. The second-order valence-electron chi connectivity index (χ2n) is 6.95. The molecular formula is C20H18Cl3F2NO2. The average molecular weight is 449 g/mol. The highest BCUT2D eigenvalue weighted by atomic mass is 35.5. The maximum atomic E-state index is 14.0. The van der Waals surface area contributed by atoms with Crippen LogP contribution >= 0.6 is 34.8 Å². The number of amides is 1. The standard InChI is InChI=1S/C20H18Cl3F2NO2/c21-11-4-5-13(15(22)10-11)19(27)26-18(14-2-1-3-16(25)17(14)23)20(28)8-6-12(24)7-9-20/h1-5,10,12,18,28H,6-9H2,(H,26,27)/t12-,18?,20+. The number of aliphatic hydroxyl groups is 1. The normalized spacial score (nSPS) is 23.3. The van der Waals surface area contributed by atoms with Crippen molar-refractivity contribution < 1.29 is 18.7 Å². The Bertz CT molecular complexity index is 886. The monoisotopic (exact) mass is 447 g/mol. The highest BCUT2D eigenvalue weighted by molar-refractivity contribution is 6.36. The molecule has 0 aromatic heterocycles. The second-order valence-corrected chi connectivity index (χ2v) is 8.17. The van der Waals surface area contributed by atoms with Crippen LogP contribution in [-0.2, 0) is 0 Å². The first-order chi connectivity index (χ1) is 13.2. The van der Waals surface area contributed by atoms with Crippen LogP contribution < -0.4 is 5.32 Å². The number of carbonyl (C=O) groups excluding carboxylic acids is 1. The van der Waals surface area contributed by atoms with Gasteiger partial charge in [0.2, 0.25) is 0 Å². The van der Waals surface area contributed by atoms with Gasteiger partial charge in [0.25, 0.3) is 5.91 Å². The summed E-state index contributed by atoms with van der Waals surface area (Å²) in [5, 5.41) is 14.2. The van der Waals surface area contributed by atoms with Crippen LogP contribution in [0.4, 0.5) is 8.78 Å². The lowest BCUT2D eigenvalue weighted by Gasteiger charge is -2.41. The Labute approximate surface area is 176 Å². The zero-order chi connectivity index (χ0) is 20.5. The summed E-state index contributed by atoms with van der Waals surface area (Å²) in [4.78, 5) is 12.8. The van der Waals surface area contributed by atoms with Gasteiger partial charge in [-0.25, -0.2) is 8.78 Å². The zero-order valence-corrected chi connectivity index (χ0v) is 17.0. The smallest absolute Gasteiger partial charge is 0.253 e. The van der Waals surface area contributed by atoms with E-state index in [1.54, 1.807) is 0 Å². The summed E-state index contributed by atoms with van der Waals surface area (Å²) in [5.41, 5.74) is -1.11. The molecule has 1 fully saturated rings. The van der Waals surface area contributed by atoms with Crippen LogP contribution in [-0.4, -0.2) is 22.8 Å². The fourth-order valence-corrected chi connectivity index (χ4v) is 4.23. The predicted molar refractivity (Wildman–Crippen MR) is 106 cm³/mol. The molecule has 0 spiro atoms. The van der Waals surface area contributed by atoms with Crippen molar-refractivity contribution in [3.8, 4) is 0 Å². The van der Waals surface area contributed by atoms with E-state index in [4.69, 9.17) is 34.8 Å². The second kappa shape index (κ2) is 8.54. The van der Waals surface area contributed by atoms with Gasteiger partial charge in [0.1, 0.15) is 12.0 Å². The summed E-state index contributed by atoms with van der Waals surface area (Å²) < 4.78 is 27.7. The number of carbonyl (C=O) groups is 1. The van der Waals surface area contributed by atoms with Crippen molar-refractivity contribution in [1.82, 2.24) is 5.32 Å². The molecule has 1 unspecified atom stereocenters. The molecule has 28 heavy (non-hydrogen) atoms. The first-order valence-electron chi connectivity index (χ1n) is 8.77. The van der Waals surface area contributed by atoms with Crippen LogP contribution in [0.3, 0.4) is 0 Å². The van der Waals surface area contributed by atoms with Crippen molar-refractivity contribution in [2.75, 3.05) is 0 Å². The Hall–Kier alpha value is -1.40. The molecule has 150 valence electrons.